The maximum Gasteiger partial charge on any atom is 0.150 e. The standard InChI is InChI=1S/C19H22O/c1-2-3-4-5-8-16-11-13-17(14-12-16)19-10-7-6-9-18(19)15-20/h6-7,9-15H,2-5,8H2,1H3. The molecule has 0 atom stereocenters. The molecule has 0 saturated heterocycles. The Kier molecular flexibility index (Phi) is 5.55. The Balaban J connectivity index is 2.06. The lowest BCUT2D eigenvalue weighted by atomic mass is 9.98. The van der Waals surface area contributed by atoms with Gasteiger partial charge in [0.25, 0.3) is 0 Å². The maximum atomic E-state index is 11.1. The SMILES string of the molecule is CCCCCCc1ccc(-c2ccccc2C=O)cc1. The van der Waals surface area contributed by atoms with E-state index in [0.717, 1.165) is 29.4 Å². The zero-order valence-corrected chi connectivity index (χ0v) is 12.1. The van der Waals surface area contributed by atoms with Gasteiger partial charge in [0.15, 0.2) is 6.29 Å². The molecule has 0 N–H and O–H groups in total. The highest BCUT2D eigenvalue weighted by Gasteiger charge is 2.03. The summed E-state index contributed by atoms with van der Waals surface area (Å²) in [5, 5.41) is 0. The van der Waals surface area contributed by atoms with Crippen molar-refractivity contribution in [1.29, 1.82) is 0 Å². The molecule has 104 valence electrons. The molecule has 0 unspecified atom stereocenters. The molecule has 1 heteroatoms. The maximum absolute atomic E-state index is 11.1. The quantitative estimate of drug-likeness (QED) is 0.491. The average molecular weight is 266 g/mol. The van der Waals surface area contributed by atoms with E-state index >= 15 is 0 Å². The van der Waals surface area contributed by atoms with Crippen LogP contribution in [-0.2, 0) is 6.42 Å². The van der Waals surface area contributed by atoms with Gasteiger partial charge >= 0.3 is 0 Å². The Morgan fingerprint density at radius 2 is 1.65 bits per heavy atom. The highest BCUT2D eigenvalue weighted by atomic mass is 16.1. The number of rotatable bonds is 7. The second-order valence-corrected chi connectivity index (χ2v) is 5.21. The first kappa shape index (κ1) is 14.5. The summed E-state index contributed by atoms with van der Waals surface area (Å²) in [6, 6.07) is 16.3. The van der Waals surface area contributed by atoms with Crippen molar-refractivity contribution in [3.63, 3.8) is 0 Å². The summed E-state index contributed by atoms with van der Waals surface area (Å²) in [4.78, 5) is 11.1. The van der Waals surface area contributed by atoms with Gasteiger partial charge in [-0.3, -0.25) is 4.79 Å². The van der Waals surface area contributed by atoms with Crippen molar-refractivity contribution in [2.24, 2.45) is 0 Å². The summed E-state index contributed by atoms with van der Waals surface area (Å²) in [7, 11) is 0. The van der Waals surface area contributed by atoms with Crippen molar-refractivity contribution in [3.05, 3.63) is 59.7 Å². The van der Waals surface area contributed by atoms with Crippen molar-refractivity contribution in [1.82, 2.24) is 0 Å². The van der Waals surface area contributed by atoms with Crippen LogP contribution in [0.15, 0.2) is 48.5 Å². The number of carbonyl (C=O) groups excluding carboxylic acids is 1. The normalized spacial score (nSPS) is 10.4. The molecule has 0 aromatic heterocycles. The molecular formula is C19H22O. The fourth-order valence-corrected chi connectivity index (χ4v) is 2.47. The van der Waals surface area contributed by atoms with Crippen LogP contribution < -0.4 is 0 Å². The number of aryl methyl sites for hydroxylation is 1. The second-order valence-electron chi connectivity index (χ2n) is 5.21. The van der Waals surface area contributed by atoms with Gasteiger partial charge in [0, 0.05) is 5.56 Å². The Morgan fingerprint density at radius 1 is 0.900 bits per heavy atom. The van der Waals surface area contributed by atoms with E-state index in [0.29, 0.717) is 0 Å². The van der Waals surface area contributed by atoms with Crippen molar-refractivity contribution in [3.8, 4) is 11.1 Å². The van der Waals surface area contributed by atoms with Crippen LogP contribution in [0.1, 0.15) is 48.5 Å². The number of aldehydes is 1. The van der Waals surface area contributed by atoms with Gasteiger partial charge in [-0.2, -0.15) is 0 Å². The molecule has 0 aliphatic carbocycles. The monoisotopic (exact) mass is 266 g/mol. The van der Waals surface area contributed by atoms with Crippen LogP contribution in [0.5, 0.6) is 0 Å². The first-order chi connectivity index (χ1) is 9.85. The van der Waals surface area contributed by atoms with Gasteiger partial charge in [0.1, 0.15) is 0 Å². The minimum atomic E-state index is 0.753. The van der Waals surface area contributed by atoms with Crippen LogP contribution in [0.3, 0.4) is 0 Å². The van der Waals surface area contributed by atoms with Gasteiger partial charge in [-0.25, -0.2) is 0 Å². The van der Waals surface area contributed by atoms with Gasteiger partial charge in [-0.15, -0.1) is 0 Å². The molecule has 0 fully saturated rings. The van der Waals surface area contributed by atoms with Gasteiger partial charge < -0.3 is 0 Å². The minimum absolute atomic E-state index is 0.753. The molecule has 2 rings (SSSR count). The van der Waals surface area contributed by atoms with E-state index in [4.69, 9.17) is 0 Å². The molecule has 0 aliphatic heterocycles. The molecule has 2 aromatic carbocycles. The highest BCUT2D eigenvalue weighted by Crippen LogP contribution is 2.23. The van der Waals surface area contributed by atoms with Crippen LogP contribution in [0.2, 0.25) is 0 Å². The molecule has 0 spiro atoms. The molecule has 20 heavy (non-hydrogen) atoms. The lowest BCUT2D eigenvalue weighted by molar-refractivity contribution is 0.112. The van der Waals surface area contributed by atoms with Gasteiger partial charge in [0.05, 0.1) is 0 Å². The lowest BCUT2D eigenvalue weighted by Gasteiger charge is -2.06. The van der Waals surface area contributed by atoms with Crippen LogP contribution in [0, 0.1) is 0 Å². The van der Waals surface area contributed by atoms with E-state index in [-0.39, 0.29) is 0 Å². The van der Waals surface area contributed by atoms with E-state index in [2.05, 4.69) is 31.2 Å². The van der Waals surface area contributed by atoms with E-state index in [1.807, 2.05) is 24.3 Å². The Bertz CT molecular complexity index is 540. The van der Waals surface area contributed by atoms with E-state index in [9.17, 15) is 4.79 Å². The van der Waals surface area contributed by atoms with Crippen molar-refractivity contribution >= 4 is 6.29 Å². The molecule has 0 saturated carbocycles. The Morgan fingerprint density at radius 3 is 2.35 bits per heavy atom. The Labute approximate surface area is 121 Å². The summed E-state index contributed by atoms with van der Waals surface area (Å²) in [6.45, 7) is 2.24. The summed E-state index contributed by atoms with van der Waals surface area (Å²) in [5.74, 6) is 0. The number of hydrogen-bond donors (Lipinski definition) is 0. The minimum Gasteiger partial charge on any atom is -0.298 e. The summed E-state index contributed by atoms with van der Waals surface area (Å²) in [5.41, 5.74) is 4.27. The predicted octanol–water partition coefficient (Wildman–Crippen LogP) is 5.29. The van der Waals surface area contributed by atoms with Gasteiger partial charge in [-0.05, 0) is 29.5 Å². The van der Waals surface area contributed by atoms with Crippen LogP contribution in [0.25, 0.3) is 11.1 Å². The number of unbranched alkanes of at least 4 members (excludes halogenated alkanes) is 3. The van der Waals surface area contributed by atoms with Crippen LogP contribution >= 0.6 is 0 Å². The zero-order chi connectivity index (χ0) is 14.2. The molecule has 0 radical (unpaired) electrons. The van der Waals surface area contributed by atoms with Crippen molar-refractivity contribution < 1.29 is 4.79 Å². The first-order valence-corrected chi connectivity index (χ1v) is 7.48. The molecule has 1 nitrogen and oxygen atoms in total. The third-order valence-corrected chi connectivity index (χ3v) is 3.67. The van der Waals surface area contributed by atoms with Gasteiger partial charge in [-0.1, -0.05) is 74.7 Å². The molecule has 2 aromatic rings. The number of carbonyl (C=O) groups is 1. The average Bonchev–Trinajstić information content (AvgIpc) is 2.52. The summed E-state index contributed by atoms with van der Waals surface area (Å²) >= 11 is 0. The third kappa shape index (κ3) is 3.80. The van der Waals surface area contributed by atoms with Crippen molar-refractivity contribution in [2.75, 3.05) is 0 Å². The largest absolute Gasteiger partial charge is 0.298 e. The fourth-order valence-electron chi connectivity index (χ4n) is 2.47. The zero-order valence-electron chi connectivity index (χ0n) is 12.1. The van der Waals surface area contributed by atoms with Crippen LogP contribution in [0.4, 0.5) is 0 Å². The van der Waals surface area contributed by atoms with Gasteiger partial charge in [0.2, 0.25) is 0 Å². The molecule has 0 amide bonds. The number of benzene rings is 2. The van der Waals surface area contributed by atoms with E-state index in [1.165, 1.54) is 31.2 Å². The Hall–Kier alpha value is -1.89. The molecule has 0 bridgehead atoms. The molecular weight excluding hydrogens is 244 g/mol. The molecule has 0 heterocycles. The van der Waals surface area contributed by atoms with Crippen molar-refractivity contribution in [2.45, 2.75) is 39.0 Å². The fraction of sp³-hybridized carbons (Fsp3) is 0.316. The third-order valence-electron chi connectivity index (χ3n) is 3.67. The summed E-state index contributed by atoms with van der Waals surface area (Å²) in [6.07, 6.45) is 7.25. The highest BCUT2D eigenvalue weighted by molar-refractivity contribution is 5.87. The smallest absolute Gasteiger partial charge is 0.150 e. The summed E-state index contributed by atoms with van der Waals surface area (Å²) < 4.78 is 0. The lowest BCUT2D eigenvalue weighted by Crippen LogP contribution is -1.89. The van der Waals surface area contributed by atoms with Crippen LogP contribution in [-0.4, -0.2) is 6.29 Å². The molecule has 0 aliphatic rings. The second kappa shape index (κ2) is 7.64. The van der Waals surface area contributed by atoms with E-state index < -0.39 is 0 Å². The van der Waals surface area contributed by atoms with E-state index in [1.54, 1.807) is 0 Å². The number of hydrogen-bond acceptors (Lipinski definition) is 1. The predicted molar refractivity (Wildman–Crippen MR) is 85.1 cm³/mol. The first-order valence-electron chi connectivity index (χ1n) is 7.48. The topological polar surface area (TPSA) is 17.1 Å².